The molecule has 0 saturated carbocycles. The van der Waals surface area contributed by atoms with Gasteiger partial charge in [0.05, 0.1) is 83.6 Å². The third-order valence-corrected chi connectivity index (χ3v) is 12.9. The van der Waals surface area contributed by atoms with E-state index in [9.17, 15) is 47.8 Å². The van der Waals surface area contributed by atoms with Crippen molar-refractivity contribution in [3.05, 3.63) is 106 Å². The Kier molecular flexibility index (Phi) is 22.3. The van der Waals surface area contributed by atoms with Gasteiger partial charge in [0.25, 0.3) is 0 Å². The van der Waals surface area contributed by atoms with Crippen LogP contribution in [0.1, 0.15) is 44.6 Å². The summed E-state index contributed by atoms with van der Waals surface area (Å²) in [6, 6.07) is 17.4. The normalized spacial score (nSPS) is 14.6. The van der Waals surface area contributed by atoms with Crippen LogP contribution in [-0.4, -0.2) is 136 Å². The second-order valence-electron chi connectivity index (χ2n) is 17.0. The van der Waals surface area contributed by atoms with Crippen LogP contribution in [0.2, 0.25) is 0 Å². The number of carboxylic acid groups (broad SMARTS) is 1. The maximum Gasteiger partial charge on any atom is 0.327 e. The number of rotatable bonds is 33. The van der Waals surface area contributed by atoms with Crippen molar-refractivity contribution >= 4 is 57.9 Å². The number of carbonyl (C=O) groups is 5. The number of phenols is 1. The Labute approximate surface area is 424 Å². The molecule has 3 aliphatic rings. The number of anilines is 1. The Hall–Kier alpha value is -6.13. The minimum Gasteiger partial charge on any atom is -0.505 e. The van der Waals surface area contributed by atoms with Crippen LogP contribution in [0.3, 0.4) is 0 Å². The zero-order valence-corrected chi connectivity index (χ0v) is 41.3. The van der Waals surface area contributed by atoms with E-state index in [1.165, 1.54) is 24.3 Å². The lowest BCUT2D eigenvalue weighted by atomic mass is 9.92. The molecule has 1 unspecified atom stereocenters. The van der Waals surface area contributed by atoms with E-state index in [0.29, 0.717) is 58.4 Å². The number of ketones is 1. The lowest BCUT2D eigenvalue weighted by Gasteiger charge is -2.21. The minimum absolute atomic E-state index is 0.00551. The summed E-state index contributed by atoms with van der Waals surface area (Å²) in [7, 11) is 0. The number of hydrogen-bond acceptors (Lipinski definition) is 15. The molecule has 1 fully saturated rings. The smallest absolute Gasteiger partial charge is 0.327 e. The van der Waals surface area contributed by atoms with Gasteiger partial charge in [0.2, 0.25) is 23.2 Å². The fourth-order valence-corrected chi connectivity index (χ4v) is 9.00. The topological polar surface area (TPSA) is 227 Å². The van der Waals surface area contributed by atoms with Crippen molar-refractivity contribution in [1.82, 2.24) is 5.32 Å². The molecular formula is C53H60F2N2O15S. The van der Waals surface area contributed by atoms with Crippen molar-refractivity contribution in [3.63, 3.8) is 0 Å². The van der Waals surface area contributed by atoms with Gasteiger partial charge in [-0.1, -0.05) is 55.8 Å². The van der Waals surface area contributed by atoms with Gasteiger partial charge in [-0.25, -0.2) is 18.5 Å². The summed E-state index contributed by atoms with van der Waals surface area (Å²) >= 11 is 0.893. The molecule has 73 heavy (non-hydrogen) atoms. The minimum atomic E-state index is -1.48. The monoisotopic (exact) mass is 1030 g/mol. The number of carboxylic acids is 1. The number of halogens is 2. The number of amides is 3. The zero-order valence-electron chi connectivity index (χ0n) is 40.5. The number of aliphatic carboxylic acids is 1. The number of nitrogens with zero attached hydrogens (tertiary/aromatic N) is 1. The SMILES string of the molecule is CCCCOCCOCCOCCOCCOCCOCCC(=O)C[C@@H](Cc1ccccc1)C(=O)N[C@@H](CSC1CC(=O)N(c2ccc(-c3c4cc(F)c(=O)cc-4oc4cc(O)c(F)cc34)cc2)C1=O)C(=O)O. The number of unbranched alkanes of at least 4 members (excludes halogenated alkanes) is 1. The summed E-state index contributed by atoms with van der Waals surface area (Å²) in [6.45, 7) is 7.08. The number of phenolic OH excluding ortho intramolecular Hbond substituents is 1. The highest BCUT2D eigenvalue weighted by Gasteiger charge is 2.41. The van der Waals surface area contributed by atoms with E-state index in [1.807, 2.05) is 0 Å². The van der Waals surface area contributed by atoms with Gasteiger partial charge in [-0.05, 0) is 48.2 Å². The van der Waals surface area contributed by atoms with Gasteiger partial charge >= 0.3 is 5.97 Å². The fraction of sp³-hybridized carbons (Fsp3) is 0.434. The van der Waals surface area contributed by atoms with E-state index in [-0.39, 0.29) is 90.6 Å². The predicted molar refractivity (Wildman–Crippen MR) is 267 cm³/mol. The molecule has 3 amide bonds. The molecule has 0 spiro atoms. The third kappa shape index (κ3) is 16.7. The highest BCUT2D eigenvalue weighted by Crippen LogP contribution is 2.42. The zero-order chi connectivity index (χ0) is 52.1. The Morgan fingerprint density at radius 1 is 0.781 bits per heavy atom. The Bertz CT molecular complexity index is 2650. The van der Waals surface area contributed by atoms with Gasteiger partial charge in [0.1, 0.15) is 23.2 Å². The van der Waals surface area contributed by atoms with Crippen LogP contribution >= 0.6 is 11.8 Å². The summed E-state index contributed by atoms with van der Waals surface area (Å²) in [5.41, 5.74) is 0.747. The molecule has 17 nitrogen and oxygen atoms in total. The van der Waals surface area contributed by atoms with Crippen molar-refractivity contribution in [2.45, 2.75) is 56.7 Å². The first kappa shape index (κ1) is 56.2. The molecule has 6 rings (SSSR count). The Morgan fingerprint density at radius 3 is 1.99 bits per heavy atom. The number of ether oxygens (including phenoxy) is 6. The van der Waals surface area contributed by atoms with Gasteiger partial charge in [0.15, 0.2) is 17.4 Å². The molecule has 0 aromatic heterocycles. The lowest BCUT2D eigenvalue weighted by Crippen LogP contribution is -2.46. The fourth-order valence-electron chi connectivity index (χ4n) is 7.84. The van der Waals surface area contributed by atoms with Gasteiger partial charge in [-0.2, -0.15) is 0 Å². The summed E-state index contributed by atoms with van der Waals surface area (Å²) in [5, 5.41) is 21.9. The van der Waals surface area contributed by atoms with Crippen LogP contribution < -0.4 is 15.6 Å². The average Bonchev–Trinajstić information content (AvgIpc) is 3.66. The number of nitrogens with one attached hydrogen (secondary N) is 1. The number of fused-ring (bicyclic) bond motifs is 2. The molecule has 392 valence electrons. The van der Waals surface area contributed by atoms with E-state index >= 15 is 0 Å². The van der Waals surface area contributed by atoms with Crippen molar-refractivity contribution in [1.29, 1.82) is 0 Å². The number of carbonyl (C=O) groups excluding carboxylic acids is 4. The average molecular weight is 1040 g/mol. The van der Waals surface area contributed by atoms with Crippen LogP contribution in [0, 0.1) is 17.6 Å². The Balaban J connectivity index is 0.947. The maximum absolute atomic E-state index is 14.6. The molecule has 3 aromatic rings. The second kappa shape index (κ2) is 28.9. The van der Waals surface area contributed by atoms with Crippen molar-refractivity contribution in [2.75, 3.05) is 89.9 Å². The number of Topliss-reactive ketones (excluding diaryl/α,β-unsaturated/α-hetero) is 1. The van der Waals surface area contributed by atoms with E-state index in [0.717, 1.165) is 65.9 Å². The number of hydrogen-bond donors (Lipinski definition) is 3. The molecule has 3 atom stereocenters. The van der Waals surface area contributed by atoms with E-state index in [1.54, 1.807) is 30.3 Å². The van der Waals surface area contributed by atoms with Gasteiger partial charge in [-0.3, -0.25) is 24.0 Å². The molecule has 3 aromatic carbocycles. The standard InChI is InChI=1S/C53H60F2N2O15S/c1-2-3-14-66-16-18-68-20-22-70-24-25-71-23-21-69-19-17-67-15-13-38(58)27-36(26-34-7-5-4-6-8-34)51(62)56-43(53(64)65)33-73-48-32-49(61)57(52(48)63)37-11-9-35(10-12-37)50-39-28-41(54)44(59)30-46(39)72-47-31-45(60)42(55)29-40(47)50/h4-12,28-31,36,43,48,59H,2-3,13-27,32-33H2,1H3,(H,56,62)(H,64,65)/t36-,43+,48?/m1/s1. The van der Waals surface area contributed by atoms with Crippen LogP contribution in [0.5, 0.6) is 5.75 Å². The first-order valence-electron chi connectivity index (χ1n) is 24.1. The number of imide groups is 1. The molecule has 0 bridgehead atoms. The van der Waals surface area contributed by atoms with Crippen LogP contribution in [0.4, 0.5) is 14.5 Å². The first-order valence-corrected chi connectivity index (χ1v) is 25.1. The lowest BCUT2D eigenvalue weighted by molar-refractivity contribution is -0.142. The molecular weight excluding hydrogens is 975 g/mol. The molecule has 0 radical (unpaired) electrons. The highest BCUT2D eigenvalue weighted by atomic mass is 32.2. The predicted octanol–water partition coefficient (Wildman–Crippen LogP) is 6.59. The number of benzene rings is 4. The van der Waals surface area contributed by atoms with Gasteiger partial charge in [0, 0.05) is 66.2 Å². The molecule has 3 N–H and O–H groups in total. The van der Waals surface area contributed by atoms with Crippen molar-refractivity contribution in [2.24, 2.45) is 5.92 Å². The molecule has 20 heteroatoms. The van der Waals surface area contributed by atoms with Gasteiger partial charge < -0.3 is 48.4 Å². The van der Waals surface area contributed by atoms with Crippen molar-refractivity contribution < 1.29 is 75.8 Å². The summed E-state index contributed by atoms with van der Waals surface area (Å²) in [5.74, 6) is -7.49. The van der Waals surface area contributed by atoms with Gasteiger partial charge in [-0.15, -0.1) is 11.8 Å². The second-order valence-corrected chi connectivity index (χ2v) is 18.2. The molecule has 1 aliphatic carbocycles. The van der Waals surface area contributed by atoms with E-state index in [2.05, 4.69) is 12.2 Å². The third-order valence-electron chi connectivity index (χ3n) is 11.6. The highest BCUT2D eigenvalue weighted by molar-refractivity contribution is 8.00. The maximum atomic E-state index is 14.6. The Morgan fingerprint density at radius 2 is 1.38 bits per heavy atom. The van der Waals surface area contributed by atoms with E-state index < -0.39 is 63.7 Å². The summed E-state index contributed by atoms with van der Waals surface area (Å²) in [6.07, 6.45) is 1.85. The molecule has 1 saturated heterocycles. The number of thioether (sulfide) groups is 1. The van der Waals surface area contributed by atoms with Crippen LogP contribution in [-0.2, 0) is 58.8 Å². The van der Waals surface area contributed by atoms with Crippen LogP contribution in [0.15, 0.2) is 88.1 Å². The summed E-state index contributed by atoms with van der Waals surface area (Å²) in [4.78, 5) is 79.5. The molecule has 2 aliphatic heterocycles. The van der Waals surface area contributed by atoms with Crippen molar-refractivity contribution in [3.8, 4) is 28.2 Å². The van der Waals surface area contributed by atoms with E-state index in [4.69, 9.17) is 32.8 Å². The van der Waals surface area contributed by atoms with Crippen LogP contribution in [0.25, 0.3) is 33.4 Å². The first-order chi connectivity index (χ1) is 35.3. The molecule has 2 heterocycles. The largest absolute Gasteiger partial charge is 0.505 e. The summed E-state index contributed by atoms with van der Waals surface area (Å²) < 4.78 is 67.9. The number of aromatic hydroxyl groups is 1. The quantitative estimate of drug-likeness (QED) is 0.0229.